The highest BCUT2D eigenvalue weighted by Gasteiger charge is 2.29. The second kappa shape index (κ2) is 5.63. The number of nitrogens with two attached hydrogens (primary N) is 1. The number of fused-ring (bicyclic) bond motifs is 1. The average Bonchev–Trinajstić information content (AvgIpc) is 2.87. The van der Waals surface area contributed by atoms with Crippen molar-refractivity contribution in [2.45, 2.75) is 31.0 Å². The summed E-state index contributed by atoms with van der Waals surface area (Å²) in [4.78, 5) is 0. The molecule has 0 fully saturated rings. The van der Waals surface area contributed by atoms with E-state index in [1.165, 1.54) is 15.9 Å². The van der Waals surface area contributed by atoms with Gasteiger partial charge in [-0.15, -0.1) is 0 Å². The molecule has 2 aromatic rings. The summed E-state index contributed by atoms with van der Waals surface area (Å²) >= 11 is 0. The first-order valence-electron chi connectivity index (χ1n) is 6.97. The molecule has 0 saturated heterocycles. The number of hydrogen-bond donors (Lipinski definition) is 1. The van der Waals surface area contributed by atoms with Crippen molar-refractivity contribution in [3.63, 3.8) is 0 Å². The lowest BCUT2D eigenvalue weighted by molar-refractivity contribution is 0.366. The van der Waals surface area contributed by atoms with E-state index < -0.39 is 10.0 Å². The third-order valence-electron chi connectivity index (χ3n) is 3.75. The van der Waals surface area contributed by atoms with E-state index in [0.717, 1.165) is 18.4 Å². The van der Waals surface area contributed by atoms with E-state index in [1.54, 1.807) is 6.07 Å². The third kappa shape index (κ3) is 2.74. The fourth-order valence-electron chi connectivity index (χ4n) is 2.61. The molecule has 0 bridgehead atoms. The van der Waals surface area contributed by atoms with E-state index >= 15 is 0 Å². The maximum atomic E-state index is 12.7. The Labute approximate surface area is 124 Å². The number of nitrogens with zero attached hydrogens (tertiary/aromatic N) is 1. The minimum Gasteiger partial charge on any atom is -0.447 e. The van der Waals surface area contributed by atoms with Crippen molar-refractivity contribution in [1.82, 2.24) is 4.31 Å². The monoisotopic (exact) mass is 306 g/mol. The first-order valence-corrected chi connectivity index (χ1v) is 8.41. The van der Waals surface area contributed by atoms with Gasteiger partial charge in [-0.05, 0) is 36.1 Å². The van der Waals surface area contributed by atoms with E-state index in [-0.39, 0.29) is 11.6 Å². The molecule has 2 N–H and O–H groups in total. The average molecular weight is 306 g/mol. The number of rotatable bonds is 3. The Bertz CT molecular complexity index is 737. The smallest absolute Gasteiger partial charge is 0.276 e. The molecule has 0 atom stereocenters. The number of hydrogen-bond acceptors (Lipinski definition) is 4. The largest absolute Gasteiger partial charge is 0.447 e. The number of furan rings is 1. The van der Waals surface area contributed by atoms with Crippen molar-refractivity contribution < 1.29 is 12.8 Å². The Morgan fingerprint density at radius 1 is 1.14 bits per heavy atom. The molecule has 1 aromatic carbocycles. The van der Waals surface area contributed by atoms with Crippen LogP contribution in [0.5, 0.6) is 0 Å². The van der Waals surface area contributed by atoms with Crippen LogP contribution in [0.15, 0.2) is 45.9 Å². The lowest BCUT2D eigenvalue weighted by Crippen LogP contribution is -2.30. The summed E-state index contributed by atoms with van der Waals surface area (Å²) in [6.45, 7) is 1.07. The zero-order valence-electron chi connectivity index (χ0n) is 11.7. The molecule has 0 saturated carbocycles. The van der Waals surface area contributed by atoms with Crippen molar-refractivity contribution in [1.29, 1.82) is 0 Å². The molecule has 0 aliphatic carbocycles. The van der Waals surface area contributed by atoms with E-state index in [4.69, 9.17) is 10.2 Å². The van der Waals surface area contributed by atoms with E-state index in [9.17, 15) is 8.42 Å². The van der Waals surface area contributed by atoms with Crippen molar-refractivity contribution in [3.05, 3.63) is 53.3 Å². The fourth-order valence-corrected chi connectivity index (χ4v) is 3.99. The van der Waals surface area contributed by atoms with Crippen LogP contribution in [-0.4, -0.2) is 19.3 Å². The molecule has 3 rings (SSSR count). The van der Waals surface area contributed by atoms with Crippen molar-refractivity contribution in [3.8, 4) is 0 Å². The van der Waals surface area contributed by atoms with Crippen LogP contribution in [0.2, 0.25) is 0 Å². The van der Waals surface area contributed by atoms with Crippen LogP contribution in [0, 0.1) is 0 Å². The highest BCUT2D eigenvalue weighted by Crippen LogP contribution is 2.25. The SMILES string of the molecule is NCc1ccc(S(=O)(=O)N2CCCc3ccccc3C2)o1. The molecular formula is C15H18N2O3S. The summed E-state index contributed by atoms with van der Waals surface area (Å²) < 4.78 is 32.1. The molecule has 0 amide bonds. The molecule has 5 nitrogen and oxygen atoms in total. The van der Waals surface area contributed by atoms with Gasteiger partial charge < -0.3 is 10.2 Å². The topological polar surface area (TPSA) is 76.5 Å². The Morgan fingerprint density at radius 2 is 1.90 bits per heavy atom. The number of benzene rings is 1. The van der Waals surface area contributed by atoms with E-state index in [1.807, 2.05) is 18.2 Å². The standard InChI is InChI=1S/C15H18N2O3S/c16-10-14-7-8-15(20-14)21(18,19)17-9-3-6-12-4-1-2-5-13(12)11-17/h1-2,4-5,7-8H,3,6,9-11,16H2. The molecule has 1 aliphatic heterocycles. The molecule has 21 heavy (non-hydrogen) atoms. The van der Waals surface area contributed by atoms with Crippen LogP contribution in [0.4, 0.5) is 0 Å². The van der Waals surface area contributed by atoms with Gasteiger partial charge in [-0.3, -0.25) is 0 Å². The minimum atomic E-state index is -3.61. The van der Waals surface area contributed by atoms with Gasteiger partial charge in [0.1, 0.15) is 5.76 Å². The predicted molar refractivity (Wildman–Crippen MR) is 79.0 cm³/mol. The number of aryl methyl sites for hydroxylation is 1. The maximum Gasteiger partial charge on any atom is 0.276 e. The van der Waals surface area contributed by atoms with E-state index in [0.29, 0.717) is 18.8 Å². The minimum absolute atomic E-state index is 0.0256. The zero-order valence-corrected chi connectivity index (χ0v) is 12.5. The van der Waals surface area contributed by atoms with Gasteiger partial charge in [-0.2, -0.15) is 4.31 Å². The molecule has 1 aliphatic rings. The molecule has 6 heteroatoms. The van der Waals surface area contributed by atoms with E-state index in [2.05, 4.69) is 6.07 Å². The van der Waals surface area contributed by atoms with Crippen LogP contribution in [0.3, 0.4) is 0 Å². The van der Waals surface area contributed by atoms with Gasteiger partial charge in [-0.25, -0.2) is 8.42 Å². The summed E-state index contributed by atoms with van der Waals surface area (Å²) in [6.07, 6.45) is 1.70. The Kier molecular flexibility index (Phi) is 3.84. The summed E-state index contributed by atoms with van der Waals surface area (Å²) in [5.41, 5.74) is 7.75. The molecule has 0 radical (unpaired) electrons. The summed E-state index contributed by atoms with van der Waals surface area (Å²) in [6, 6.07) is 11.1. The van der Waals surface area contributed by atoms with Crippen LogP contribution in [-0.2, 0) is 29.5 Å². The van der Waals surface area contributed by atoms with Crippen molar-refractivity contribution in [2.24, 2.45) is 5.73 Å². The Hall–Kier alpha value is -1.63. The second-order valence-electron chi connectivity index (χ2n) is 5.14. The van der Waals surface area contributed by atoms with Crippen LogP contribution in [0.25, 0.3) is 0 Å². The molecule has 112 valence electrons. The van der Waals surface area contributed by atoms with Crippen LogP contribution in [0.1, 0.15) is 23.3 Å². The molecule has 1 aromatic heterocycles. The lowest BCUT2D eigenvalue weighted by Gasteiger charge is -2.18. The van der Waals surface area contributed by atoms with Gasteiger partial charge >= 0.3 is 0 Å². The highest BCUT2D eigenvalue weighted by molar-refractivity contribution is 7.89. The first-order chi connectivity index (χ1) is 10.1. The summed E-state index contributed by atoms with van der Waals surface area (Å²) in [7, 11) is -3.61. The van der Waals surface area contributed by atoms with Gasteiger partial charge in [0, 0.05) is 13.1 Å². The van der Waals surface area contributed by atoms with Gasteiger partial charge in [0.05, 0.1) is 6.54 Å². The van der Waals surface area contributed by atoms with Crippen LogP contribution >= 0.6 is 0 Å². The van der Waals surface area contributed by atoms with Gasteiger partial charge in [0.2, 0.25) is 5.09 Å². The first kappa shape index (κ1) is 14.3. The Balaban J connectivity index is 1.92. The van der Waals surface area contributed by atoms with Crippen LogP contribution < -0.4 is 5.73 Å². The highest BCUT2D eigenvalue weighted by atomic mass is 32.2. The van der Waals surface area contributed by atoms with Gasteiger partial charge in [-0.1, -0.05) is 24.3 Å². The molecule has 0 unspecified atom stereocenters. The summed E-state index contributed by atoms with van der Waals surface area (Å²) in [5, 5.41) is -0.0256. The lowest BCUT2D eigenvalue weighted by atomic mass is 10.0. The molecular weight excluding hydrogens is 288 g/mol. The summed E-state index contributed by atoms with van der Waals surface area (Å²) in [5.74, 6) is 0.476. The maximum absolute atomic E-state index is 12.7. The zero-order chi connectivity index (χ0) is 14.9. The quantitative estimate of drug-likeness (QED) is 0.939. The normalized spacial score (nSPS) is 16.4. The molecule has 0 spiro atoms. The Morgan fingerprint density at radius 3 is 2.62 bits per heavy atom. The number of sulfonamides is 1. The third-order valence-corrected chi connectivity index (χ3v) is 5.47. The molecule has 2 heterocycles. The second-order valence-corrected chi connectivity index (χ2v) is 7.00. The van der Waals surface area contributed by atoms with Crippen molar-refractivity contribution >= 4 is 10.0 Å². The van der Waals surface area contributed by atoms with Crippen molar-refractivity contribution in [2.75, 3.05) is 6.54 Å². The van der Waals surface area contributed by atoms with Gasteiger partial charge in [0.25, 0.3) is 10.0 Å². The predicted octanol–water partition coefficient (Wildman–Crippen LogP) is 1.88. The fraction of sp³-hybridized carbons (Fsp3) is 0.333. The van der Waals surface area contributed by atoms with Gasteiger partial charge in [0.15, 0.2) is 0 Å².